The van der Waals surface area contributed by atoms with E-state index in [2.05, 4.69) is 0 Å². The first kappa shape index (κ1) is 13.5. The second-order valence-electron chi connectivity index (χ2n) is 5.47. The first-order valence-electron chi connectivity index (χ1n) is 6.31. The van der Waals surface area contributed by atoms with Gasteiger partial charge >= 0.3 is 6.09 Å². The molecule has 1 aromatic carbocycles. The Hall–Kier alpha value is -1.97. The maximum atomic E-state index is 11.7. The topological polar surface area (TPSA) is 38.5 Å². The summed E-state index contributed by atoms with van der Waals surface area (Å²) in [7, 11) is 0. The minimum atomic E-state index is -0.463. The molecular formula is C15H19NO3. The average Bonchev–Trinajstić information content (AvgIpc) is 3.08. The van der Waals surface area contributed by atoms with Crippen LogP contribution in [0.15, 0.2) is 42.3 Å². The van der Waals surface area contributed by atoms with Crippen LogP contribution in [0.4, 0.5) is 4.79 Å². The van der Waals surface area contributed by atoms with E-state index in [-0.39, 0.29) is 6.09 Å². The Morgan fingerprint density at radius 3 is 2.63 bits per heavy atom. The molecule has 1 amide bonds. The predicted octanol–water partition coefficient (Wildman–Crippen LogP) is 3.30. The predicted molar refractivity (Wildman–Crippen MR) is 72.3 cm³/mol. The van der Waals surface area contributed by atoms with Gasteiger partial charge in [-0.05, 0) is 26.3 Å². The highest BCUT2D eigenvalue weighted by Gasteiger charge is 2.36. The highest BCUT2D eigenvalue weighted by atomic mass is 16.6. The van der Waals surface area contributed by atoms with Gasteiger partial charge in [0, 0.05) is 0 Å². The van der Waals surface area contributed by atoms with Crippen LogP contribution < -0.4 is 0 Å². The summed E-state index contributed by atoms with van der Waals surface area (Å²) in [6, 6.07) is 9.90. The number of ether oxygens (including phenoxy) is 2. The van der Waals surface area contributed by atoms with Gasteiger partial charge in [-0.2, -0.15) is 0 Å². The Morgan fingerprint density at radius 2 is 2.00 bits per heavy atom. The molecule has 1 aromatic rings. The maximum absolute atomic E-state index is 11.7. The van der Waals surface area contributed by atoms with Gasteiger partial charge in [0.15, 0.2) is 0 Å². The van der Waals surface area contributed by atoms with Crippen molar-refractivity contribution in [2.24, 2.45) is 0 Å². The monoisotopic (exact) mass is 261 g/mol. The molecule has 1 saturated heterocycles. The molecule has 0 bridgehead atoms. The Bertz CT molecular complexity index is 474. The van der Waals surface area contributed by atoms with E-state index in [1.807, 2.05) is 51.1 Å². The van der Waals surface area contributed by atoms with Crippen LogP contribution in [0, 0.1) is 0 Å². The zero-order valence-corrected chi connectivity index (χ0v) is 11.6. The van der Waals surface area contributed by atoms with Crippen LogP contribution in [0.25, 0.3) is 0 Å². The third-order valence-corrected chi connectivity index (χ3v) is 2.49. The molecule has 1 heterocycles. The Kier molecular flexibility index (Phi) is 3.79. The van der Waals surface area contributed by atoms with E-state index < -0.39 is 5.60 Å². The zero-order chi connectivity index (χ0) is 13.9. The summed E-state index contributed by atoms with van der Waals surface area (Å²) in [6.45, 7) is 6.65. The maximum Gasteiger partial charge on any atom is 0.415 e. The summed E-state index contributed by atoms with van der Waals surface area (Å²) in [6.07, 6.45) is 1.30. The van der Waals surface area contributed by atoms with E-state index >= 15 is 0 Å². The van der Waals surface area contributed by atoms with Crippen LogP contribution in [-0.2, 0) is 16.1 Å². The second-order valence-corrected chi connectivity index (χ2v) is 5.47. The third-order valence-electron chi connectivity index (χ3n) is 2.49. The number of hydrogen-bond acceptors (Lipinski definition) is 3. The number of carbonyl (C=O) groups excluding carboxylic acids is 1. The standard InChI is InChI=1S/C15H19NO3/c1-15(2,3)19-14(17)16-9-13(16)11-18-10-12-7-5-4-6-8-12/h4-8,11H,9-10H2,1-3H3. The summed E-state index contributed by atoms with van der Waals surface area (Å²) >= 11 is 0. The second kappa shape index (κ2) is 5.34. The van der Waals surface area contributed by atoms with Gasteiger partial charge in [-0.3, -0.25) is 4.90 Å². The van der Waals surface area contributed by atoms with Gasteiger partial charge in [0.1, 0.15) is 18.5 Å². The van der Waals surface area contributed by atoms with Gasteiger partial charge < -0.3 is 9.47 Å². The molecule has 1 aliphatic rings. The molecule has 19 heavy (non-hydrogen) atoms. The van der Waals surface area contributed by atoms with Crippen LogP contribution in [0.3, 0.4) is 0 Å². The van der Waals surface area contributed by atoms with Crippen molar-refractivity contribution in [3.8, 4) is 0 Å². The van der Waals surface area contributed by atoms with E-state index in [0.29, 0.717) is 13.2 Å². The van der Waals surface area contributed by atoms with Gasteiger partial charge in [-0.25, -0.2) is 4.79 Å². The first-order valence-corrected chi connectivity index (χ1v) is 6.31. The molecule has 1 aliphatic heterocycles. The van der Waals surface area contributed by atoms with Gasteiger partial charge in [0.2, 0.25) is 0 Å². The molecule has 4 nitrogen and oxygen atoms in total. The number of amides is 1. The van der Waals surface area contributed by atoms with Crippen molar-refractivity contribution in [1.82, 2.24) is 4.90 Å². The van der Waals surface area contributed by atoms with Crippen molar-refractivity contribution < 1.29 is 14.3 Å². The van der Waals surface area contributed by atoms with Crippen molar-refractivity contribution in [3.05, 3.63) is 47.9 Å². The van der Waals surface area contributed by atoms with E-state index in [1.54, 1.807) is 11.2 Å². The first-order chi connectivity index (χ1) is 8.96. The summed E-state index contributed by atoms with van der Waals surface area (Å²) in [5, 5.41) is 0. The van der Waals surface area contributed by atoms with E-state index in [4.69, 9.17) is 9.47 Å². The molecule has 0 aliphatic carbocycles. The van der Waals surface area contributed by atoms with E-state index in [0.717, 1.165) is 11.3 Å². The lowest BCUT2D eigenvalue weighted by Gasteiger charge is -2.19. The highest BCUT2D eigenvalue weighted by molar-refractivity contribution is 5.74. The summed E-state index contributed by atoms with van der Waals surface area (Å²) in [4.78, 5) is 13.2. The van der Waals surface area contributed by atoms with Crippen LogP contribution in [0.5, 0.6) is 0 Å². The lowest BCUT2D eigenvalue weighted by atomic mass is 10.2. The van der Waals surface area contributed by atoms with Crippen LogP contribution in [-0.4, -0.2) is 23.1 Å². The molecule has 4 heteroatoms. The molecule has 2 rings (SSSR count). The van der Waals surface area contributed by atoms with E-state index in [9.17, 15) is 4.79 Å². The Balaban J connectivity index is 1.77. The molecule has 1 fully saturated rings. The van der Waals surface area contributed by atoms with Crippen molar-refractivity contribution in [1.29, 1.82) is 0 Å². The van der Waals surface area contributed by atoms with Gasteiger partial charge in [0.05, 0.1) is 12.2 Å². The fourth-order valence-corrected chi connectivity index (χ4v) is 1.53. The lowest BCUT2D eigenvalue weighted by molar-refractivity contribution is 0.0432. The molecular weight excluding hydrogens is 242 g/mol. The number of carbonyl (C=O) groups is 1. The Morgan fingerprint density at radius 1 is 1.32 bits per heavy atom. The molecule has 0 N–H and O–H groups in total. The lowest BCUT2D eigenvalue weighted by Crippen LogP contribution is -2.26. The van der Waals surface area contributed by atoms with Crippen molar-refractivity contribution in [3.63, 3.8) is 0 Å². The largest absolute Gasteiger partial charge is 0.495 e. The molecule has 102 valence electrons. The minimum absolute atomic E-state index is 0.318. The number of benzene rings is 1. The van der Waals surface area contributed by atoms with Crippen LogP contribution in [0.2, 0.25) is 0 Å². The highest BCUT2D eigenvalue weighted by Crippen LogP contribution is 2.25. The molecule has 0 saturated carbocycles. The number of hydrogen-bond donors (Lipinski definition) is 0. The van der Waals surface area contributed by atoms with Crippen molar-refractivity contribution in [2.45, 2.75) is 33.0 Å². The van der Waals surface area contributed by atoms with Crippen LogP contribution >= 0.6 is 0 Å². The van der Waals surface area contributed by atoms with Gasteiger partial charge in [-0.1, -0.05) is 30.3 Å². The third kappa shape index (κ3) is 4.32. The van der Waals surface area contributed by atoms with Crippen molar-refractivity contribution >= 4 is 6.09 Å². The van der Waals surface area contributed by atoms with Gasteiger partial charge in [-0.15, -0.1) is 0 Å². The fourth-order valence-electron chi connectivity index (χ4n) is 1.53. The fraction of sp³-hybridized carbons (Fsp3) is 0.400. The van der Waals surface area contributed by atoms with E-state index in [1.165, 1.54) is 0 Å². The number of nitrogens with zero attached hydrogens (tertiary/aromatic N) is 1. The molecule has 0 radical (unpaired) electrons. The van der Waals surface area contributed by atoms with Crippen LogP contribution in [0.1, 0.15) is 26.3 Å². The van der Waals surface area contributed by atoms with Gasteiger partial charge in [0.25, 0.3) is 0 Å². The molecule has 0 unspecified atom stereocenters. The summed E-state index contributed by atoms with van der Waals surface area (Å²) < 4.78 is 10.7. The molecule has 0 aromatic heterocycles. The SMILES string of the molecule is CC(C)(C)OC(=O)N1CC1=COCc1ccccc1. The normalized spacial score (nSPS) is 16.4. The summed E-state index contributed by atoms with van der Waals surface area (Å²) in [5.41, 5.74) is 1.49. The molecule has 0 spiro atoms. The Labute approximate surface area is 113 Å². The smallest absolute Gasteiger partial charge is 0.415 e. The molecule has 0 atom stereocenters. The zero-order valence-electron chi connectivity index (χ0n) is 11.6. The minimum Gasteiger partial charge on any atom is -0.495 e. The quantitative estimate of drug-likeness (QED) is 0.619. The average molecular weight is 261 g/mol. The summed E-state index contributed by atoms with van der Waals surface area (Å²) in [5.74, 6) is 0. The van der Waals surface area contributed by atoms with Crippen molar-refractivity contribution in [2.75, 3.05) is 6.54 Å². The number of rotatable bonds is 3.